The molecule has 1 atom stereocenters. The molecule has 0 spiro atoms. The molecule has 1 aromatic carbocycles. The molecule has 2 N–H and O–H groups in total. The highest BCUT2D eigenvalue weighted by molar-refractivity contribution is 7.99. The number of carbonyl (C=O) groups is 1. The van der Waals surface area contributed by atoms with Crippen LogP contribution in [0.15, 0.2) is 28.2 Å². The SMILES string of the molecule is COc1ccc(C)cc1NC(=O)CSc1nc2sc3c(c2c(=O)[nH]1)CC[C@H](C)C3. The van der Waals surface area contributed by atoms with E-state index in [0.717, 1.165) is 40.6 Å². The Hall–Kier alpha value is -2.32. The van der Waals surface area contributed by atoms with E-state index in [4.69, 9.17) is 4.74 Å². The van der Waals surface area contributed by atoms with Gasteiger partial charge in [-0.2, -0.15) is 0 Å². The second-order valence-electron chi connectivity index (χ2n) is 7.44. The number of nitrogens with one attached hydrogen (secondary N) is 2. The number of carbonyl (C=O) groups excluding carboxylic acids is 1. The standard InChI is InChI=1S/C21H23N3O3S2/c1-11-5-7-15(27-3)14(8-11)22-17(25)10-28-21-23-19(26)18-13-6-4-12(2)9-16(13)29-20(18)24-21/h5,7-8,12H,4,6,9-10H2,1-3H3,(H,22,25)(H,23,24,26)/t12-/m0/s1. The number of methoxy groups -OCH3 is 1. The second kappa shape index (κ2) is 8.20. The predicted octanol–water partition coefficient (Wildman–Crippen LogP) is 4.16. The number of hydrogen-bond acceptors (Lipinski definition) is 6. The van der Waals surface area contributed by atoms with Crippen molar-refractivity contribution >= 4 is 44.9 Å². The minimum atomic E-state index is -0.180. The Balaban J connectivity index is 1.49. The summed E-state index contributed by atoms with van der Waals surface area (Å²) in [4.78, 5) is 34.6. The molecule has 1 aliphatic carbocycles. The van der Waals surface area contributed by atoms with Crippen molar-refractivity contribution < 1.29 is 9.53 Å². The molecule has 1 amide bonds. The number of thiophene rings is 1. The van der Waals surface area contributed by atoms with E-state index in [2.05, 4.69) is 22.2 Å². The molecule has 0 radical (unpaired) electrons. The van der Waals surface area contributed by atoms with Gasteiger partial charge < -0.3 is 15.0 Å². The highest BCUT2D eigenvalue weighted by Crippen LogP contribution is 2.36. The Kier molecular flexibility index (Phi) is 5.65. The number of aromatic nitrogens is 2. The Morgan fingerprint density at radius 1 is 1.45 bits per heavy atom. The number of fused-ring (bicyclic) bond motifs is 3. The number of H-pyrrole nitrogens is 1. The molecule has 2 aromatic heterocycles. The number of anilines is 1. The summed E-state index contributed by atoms with van der Waals surface area (Å²) in [6.07, 6.45) is 3.06. The van der Waals surface area contributed by atoms with Crippen LogP contribution < -0.4 is 15.6 Å². The van der Waals surface area contributed by atoms with E-state index in [1.807, 2.05) is 25.1 Å². The zero-order valence-electron chi connectivity index (χ0n) is 16.6. The first kappa shape index (κ1) is 20.0. The maximum Gasteiger partial charge on any atom is 0.260 e. The van der Waals surface area contributed by atoms with Crippen LogP contribution in [0.4, 0.5) is 5.69 Å². The third-order valence-electron chi connectivity index (χ3n) is 5.11. The number of thioether (sulfide) groups is 1. The van der Waals surface area contributed by atoms with Crippen LogP contribution in [0, 0.1) is 12.8 Å². The van der Waals surface area contributed by atoms with Crippen LogP contribution in [0.3, 0.4) is 0 Å². The summed E-state index contributed by atoms with van der Waals surface area (Å²) >= 11 is 2.84. The summed E-state index contributed by atoms with van der Waals surface area (Å²) in [5, 5.41) is 4.07. The fraction of sp³-hybridized carbons (Fsp3) is 0.381. The number of benzene rings is 1. The molecule has 4 rings (SSSR count). The lowest BCUT2D eigenvalue weighted by Crippen LogP contribution is -2.16. The Bertz CT molecular complexity index is 1140. The Morgan fingerprint density at radius 2 is 2.28 bits per heavy atom. The Labute approximate surface area is 177 Å². The number of aryl methyl sites for hydroxylation is 2. The van der Waals surface area contributed by atoms with Crippen molar-refractivity contribution in [3.63, 3.8) is 0 Å². The van der Waals surface area contributed by atoms with E-state index in [1.54, 1.807) is 18.4 Å². The molecule has 2 heterocycles. The van der Waals surface area contributed by atoms with Crippen LogP contribution in [0.5, 0.6) is 5.75 Å². The molecule has 0 unspecified atom stereocenters. The quantitative estimate of drug-likeness (QED) is 0.470. The molecule has 6 nitrogen and oxygen atoms in total. The van der Waals surface area contributed by atoms with E-state index in [0.29, 0.717) is 22.5 Å². The first-order valence-corrected chi connectivity index (χ1v) is 11.4. The zero-order chi connectivity index (χ0) is 20.5. The largest absolute Gasteiger partial charge is 0.495 e. The van der Waals surface area contributed by atoms with E-state index >= 15 is 0 Å². The lowest BCUT2D eigenvalue weighted by molar-refractivity contribution is -0.113. The number of amides is 1. The Morgan fingerprint density at radius 3 is 3.07 bits per heavy atom. The average Bonchev–Trinajstić information content (AvgIpc) is 3.04. The number of aromatic amines is 1. The van der Waals surface area contributed by atoms with Gasteiger partial charge >= 0.3 is 0 Å². The van der Waals surface area contributed by atoms with E-state index in [1.165, 1.54) is 16.6 Å². The minimum Gasteiger partial charge on any atom is -0.495 e. The topological polar surface area (TPSA) is 84.1 Å². The fourth-order valence-electron chi connectivity index (χ4n) is 3.64. The van der Waals surface area contributed by atoms with Crippen molar-refractivity contribution in [2.24, 2.45) is 5.92 Å². The molecule has 8 heteroatoms. The highest BCUT2D eigenvalue weighted by atomic mass is 32.2. The van der Waals surface area contributed by atoms with Gasteiger partial charge in [0, 0.05) is 4.88 Å². The van der Waals surface area contributed by atoms with Gasteiger partial charge in [0.1, 0.15) is 10.6 Å². The van der Waals surface area contributed by atoms with Crippen molar-refractivity contribution in [1.29, 1.82) is 0 Å². The summed E-state index contributed by atoms with van der Waals surface area (Å²) in [5.74, 6) is 1.22. The van der Waals surface area contributed by atoms with Crippen molar-refractivity contribution in [3.8, 4) is 5.75 Å². The van der Waals surface area contributed by atoms with Gasteiger partial charge in [0.05, 0.1) is 23.9 Å². The lowest BCUT2D eigenvalue weighted by Gasteiger charge is -2.17. The molecule has 152 valence electrons. The van der Waals surface area contributed by atoms with Crippen LogP contribution in [0.25, 0.3) is 10.2 Å². The van der Waals surface area contributed by atoms with Crippen LogP contribution in [0.1, 0.15) is 29.3 Å². The zero-order valence-corrected chi connectivity index (χ0v) is 18.3. The van der Waals surface area contributed by atoms with E-state index in [9.17, 15) is 9.59 Å². The van der Waals surface area contributed by atoms with Gasteiger partial charge in [-0.3, -0.25) is 9.59 Å². The van der Waals surface area contributed by atoms with Crippen LogP contribution in [0.2, 0.25) is 0 Å². The van der Waals surface area contributed by atoms with Gasteiger partial charge in [0.2, 0.25) is 5.91 Å². The number of ether oxygens (including phenoxy) is 1. The van der Waals surface area contributed by atoms with Crippen LogP contribution in [-0.4, -0.2) is 28.7 Å². The summed E-state index contributed by atoms with van der Waals surface area (Å²) in [7, 11) is 1.57. The normalized spacial score (nSPS) is 15.9. The number of rotatable bonds is 5. The summed E-state index contributed by atoms with van der Waals surface area (Å²) in [6, 6.07) is 5.61. The predicted molar refractivity (Wildman–Crippen MR) is 119 cm³/mol. The van der Waals surface area contributed by atoms with Crippen molar-refractivity contribution in [2.75, 3.05) is 18.2 Å². The molecule has 0 fully saturated rings. The summed E-state index contributed by atoms with van der Waals surface area (Å²) in [5.41, 5.74) is 2.72. The smallest absolute Gasteiger partial charge is 0.260 e. The minimum absolute atomic E-state index is 0.106. The van der Waals surface area contributed by atoms with Gasteiger partial charge in [-0.05, 0) is 55.4 Å². The number of hydrogen-bond donors (Lipinski definition) is 2. The lowest BCUT2D eigenvalue weighted by atomic mass is 9.89. The highest BCUT2D eigenvalue weighted by Gasteiger charge is 2.23. The van der Waals surface area contributed by atoms with Crippen LogP contribution >= 0.6 is 23.1 Å². The van der Waals surface area contributed by atoms with Gasteiger partial charge in [-0.15, -0.1) is 11.3 Å². The second-order valence-corrected chi connectivity index (χ2v) is 9.49. The maximum absolute atomic E-state index is 12.7. The molecular weight excluding hydrogens is 406 g/mol. The first-order chi connectivity index (χ1) is 13.9. The first-order valence-electron chi connectivity index (χ1n) is 9.56. The molecule has 0 saturated carbocycles. The van der Waals surface area contributed by atoms with Crippen molar-refractivity contribution in [1.82, 2.24) is 9.97 Å². The van der Waals surface area contributed by atoms with Gasteiger partial charge in [0.15, 0.2) is 5.16 Å². The van der Waals surface area contributed by atoms with Gasteiger partial charge in [0.25, 0.3) is 5.56 Å². The maximum atomic E-state index is 12.7. The summed E-state index contributed by atoms with van der Waals surface area (Å²) in [6.45, 7) is 4.20. The van der Waals surface area contributed by atoms with Gasteiger partial charge in [-0.25, -0.2) is 4.98 Å². The fourth-order valence-corrected chi connectivity index (χ4v) is 5.74. The molecule has 29 heavy (non-hydrogen) atoms. The van der Waals surface area contributed by atoms with Crippen LogP contribution in [-0.2, 0) is 17.6 Å². The monoisotopic (exact) mass is 429 g/mol. The number of nitrogens with zero attached hydrogens (tertiary/aromatic N) is 1. The van der Waals surface area contributed by atoms with E-state index < -0.39 is 0 Å². The third kappa shape index (κ3) is 4.18. The molecule has 0 aliphatic heterocycles. The molecule has 3 aromatic rings. The van der Waals surface area contributed by atoms with E-state index in [-0.39, 0.29) is 17.2 Å². The summed E-state index contributed by atoms with van der Waals surface area (Å²) < 4.78 is 5.30. The third-order valence-corrected chi connectivity index (χ3v) is 7.13. The molecular formula is C21H23N3O3S2. The average molecular weight is 430 g/mol. The molecule has 1 aliphatic rings. The molecule has 0 bridgehead atoms. The van der Waals surface area contributed by atoms with Crippen molar-refractivity contribution in [3.05, 3.63) is 44.6 Å². The molecule has 0 saturated heterocycles. The van der Waals surface area contributed by atoms with Gasteiger partial charge in [-0.1, -0.05) is 24.8 Å². The van der Waals surface area contributed by atoms with Crippen molar-refractivity contribution in [2.45, 2.75) is 38.3 Å².